The summed E-state index contributed by atoms with van der Waals surface area (Å²) in [6, 6.07) is 12.5. The fraction of sp³-hybridized carbons (Fsp3) is 0.529. The number of benzene rings is 2. The zero-order valence-corrected chi connectivity index (χ0v) is 25.5. The van der Waals surface area contributed by atoms with E-state index < -0.39 is 41.2 Å². The predicted molar refractivity (Wildman–Crippen MR) is 159 cm³/mol. The molecule has 4 atom stereocenters. The van der Waals surface area contributed by atoms with Gasteiger partial charge in [-0.3, -0.25) is 9.69 Å². The predicted octanol–water partition coefficient (Wildman–Crippen LogP) is 4.01. The summed E-state index contributed by atoms with van der Waals surface area (Å²) in [5, 5.41) is 22.1. The van der Waals surface area contributed by atoms with Gasteiger partial charge in [0.05, 0.1) is 30.6 Å². The van der Waals surface area contributed by atoms with Gasteiger partial charge in [0.15, 0.2) is 23.2 Å². The Labute approximate surface area is 257 Å². The number of aliphatic hydroxyl groups is 2. The van der Waals surface area contributed by atoms with E-state index in [0.717, 1.165) is 43.5 Å². The van der Waals surface area contributed by atoms with Crippen LogP contribution in [0.5, 0.6) is 17.2 Å². The van der Waals surface area contributed by atoms with Gasteiger partial charge in [-0.25, -0.2) is 4.79 Å². The second-order valence-corrected chi connectivity index (χ2v) is 13.0. The van der Waals surface area contributed by atoms with Crippen LogP contribution in [0.2, 0.25) is 0 Å². The first kappa shape index (κ1) is 30.4. The molecule has 3 aliphatic heterocycles. The molecular weight excluding hydrogens is 566 g/mol. The lowest BCUT2D eigenvalue weighted by atomic mass is 9.77. The highest BCUT2D eigenvalue weighted by atomic mass is 16.7. The van der Waals surface area contributed by atoms with E-state index in [2.05, 4.69) is 11.0 Å². The fourth-order valence-corrected chi connectivity index (χ4v) is 7.29. The molecule has 1 saturated heterocycles. The number of carbonyl (C=O) groups excluding carboxylic acids is 2. The summed E-state index contributed by atoms with van der Waals surface area (Å²) in [6.07, 6.45) is 3.74. The van der Waals surface area contributed by atoms with Crippen molar-refractivity contribution in [2.24, 2.45) is 0 Å². The molecular formula is C34H41NO9. The fourth-order valence-electron chi connectivity index (χ4n) is 7.29. The molecule has 1 spiro atoms. The molecule has 10 nitrogen and oxygen atoms in total. The van der Waals surface area contributed by atoms with Crippen molar-refractivity contribution in [3.63, 3.8) is 0 Å². The monoisotopic (exact) mass is 607 g/mol. The largest absolute Gasteiger partial charge is 0.497 e. The van der Waals surface area contributed by atoms with Crippen LogP contribution in [0.4, 0.5) is 0 Å². The second-order valence-electron chi connectivity index (χ2n) is 13.0. The third kappa shape index (κ3) is 5.78. The third-order valence-corrected chi connectivity index (χ3v) is 9.37. The molecule has 44 heavy (non-hydrogen) atoms. The molecule has 3 heterocycles. The molecule has 0 aromatic heterocycles. The van der Waals surface area contributed by atoms with Crippen LogP contribution in [-0.2, 0) is 25.5 Å². The summed E-state index contributed by atoms with van der Waals surface area (Å²) >= 11 is 0. The molecule has 236 valence electrons. The SMILES string of the molecule is COC1=C[C@]23CCCN2CCc2cc4c(cc2[C@@H]3C1OC(=O)C(O)(CCCC(C)(C)O)CC(=O)Oc1ccccc1)OCO4. The Kier molecular flexibility index (Phi) is 8.11. The molecule has 10 heteroatoms. The lowest BCUT2D eigenvalue weighted by molar-refractivity contribution is -0.177. The van der Waals surface area contributed by atoms with Gasteiger partial charge in [-0.05, 0) is 100 Å². The summed E-state index contributed by atoms with van der Waals surface area (Å²) in [5.74, 6) is 0.136. The Morgan fingerprint density at radius 2 is 1.82 bits per heavy atom. The Morgan fingerprint density at radius 3 is 2.55 bits per heavy atom. The molecule has 2 aromatic carbocycles. The van der Waals surface area contributed by atoms with E-state index in [9.17, 15) is 19.8 Å². The maximum absolute atomic E-state index is 14.1. The first-order chi connectivity index (χ1) is 21.0. The number of methoxy groups -OCH3 is 1. The van der Waals surface area contributed by atoms with E-state index >= 15 is 0 Å². The van der Waals surface area contributed by atoms with Crippen LogP contribution < -0.4 is 14.2 Å². The van der Waals surface area contributed by atoms with Crippen LogP contribution in [0.15, 0.2) is 54.3 Å². The molecule has 1 fully saturated rings. The molecule has 2 aromatic rings. The summed E-state index contributed by atoms with van der Waals surface area (Å²) in [4.78, 5) is 29.6. The molecule has 6 rings (SSSR count). The van der Waals surface area contributed by atoms with Crippen molar-refractivity contribution in [2.45, 2.75) is 87.6 Å². The van der Waals surface area contributed by atoms with E-state index in [-0.39, 0.29) is 25.6 Å². The van der Waals surface area contributed by atoms with Gasteiger partial charge in [0.2, 0.25) is 6.79 Å². The first-order valence-electron chi connectivity index (χ1n) is 15.4. The average Bonchev–Trinajstić information content (AvgIpc) is 3.66. The molecule has 0 amide bonds. The molecule has 2 unspecified atom stereocenters. The normalized spacial score (nSPS) is 25.2. The van der Waals surface area contributed by atoms with E-state index in [1.165, 1.54) is 0 Å². The van der Waals surface area contributed by atoms with Crippen molar-refractivity contribution in [1.29, 1.82) is 0 Å². The van der Waals surface area contributed by atoms with Crippen molar-refractivity contribution < 1.29 is 43.5 Å². The number of carbonyl (C=O) groups is 2. The highest BCUT2D eigenvalue weighted by molar-refractivity contribution is 5.86. The van der Waals surface area contributed by atoms with Gasteiger partial charge in [-0.2, -0.15) is 0 Å². The van der Waals surface area contributed by atoms with E-state index in [0.29, 0.717) is 29.4 Å². The number of para-hydroxylation sites is 1. The standard InChI is InChI=1S/C34H41NO9/c1-32(2,38)12-7-14-34(39,20-28(36)43-23-9-5-4-6-10-23)31(37)44-30-27(40-3)19-33-13-8-15-35(33)16-11-22-17-25-26(42-21-41-25)18-24(22)29(30)33/h4-6,9-10,17-19,29-30,38-39H,7-8,11-16,20-21H2,1-3H3/t29-,30?,33+,34?/m1/s1. The Morgan fingerprint density at radius 1 is 1.07 bits per heavy atom. The number of rotatable bonds is 10. The van der Waals surface area contributed by atoms with E-state index in [1.807, 2.05) is 12.1 Å². The van der Waals surface area contributed by atoms with Crippen molar-refractivity contribution in [3.8, 4) is 17.2 Å². The third-order valence-electron chi connectivity index (χ3n) is 9.37. The zero-order valence-electron chi connectivity index (χ0n) is 25.5. The van der Waals surface area contributed by atoms with Crippen molar-refractivity contribution >= 4 is 11.9 Å². The minimum Gasteiger partial charge on any atom is -0.497 e. The van der Waals surface area contributed by atoms with Crippen molar-refractivity contribution in [1.82, 2.24) is 4.90 Å². The highest BCUT2D eigenvalue weighted by Crippen LogP contribution is 2.55. The number of esters is 2. The maximum atomic E-state index is 14.1. The van der Waals surface area contributed by atoms with Crippen LogP contribution in [-0.4, -0.2) is 76.9 Å². The first-order valence-corrected chi connectivity index (χ1v) is 15.4. The number of nitrogens with zero attached hydrogens (tertiary/aromatic N) is 1. The van der Waals surface area contributed by atoms with Gasteiger partial charge in [-0.15, -0.1) is 0 Å². The van der Waals surface area contributed by atoms with Gasteiger partial charge < -0.3 is 33.9 Å². The number of hydrogen-bond acceptors (Lipinski definition) is 10. The molecule has 1 aliphatic carbocycles. The van der Waals surface area contributed by atoms with Gasteiger partial charge >= 0.3 is 11.9 Å². The molecule has 0 radical (unpaired) electrons. The van der Waals surface area contributed by atoms with Crippen LogP contribution in [0, 0.1) is 0 Å². The smallest absolute Gasteiger partial charge is 0.339 e. The second kappa shape index (κ2) is 11.7. The van der Waals surface area contributed by atoms with Gasteiger partial charge in [0, 0.05) is 6.54 Å². The number of hydrogen-bond donors (Lipinski definition) is 2. The Bertz CT molecular complexity index is 1430. The Hall–Kier alpha value is -3.60. The highest BCUT2D eigenvalue weighted by Gasteiger charge is 2.59. The molecule has 4 aliphatic rings. The topological polar surface area (TPSA) is 124 Å². The van der Waals surface area contributed by atoms with Crippen LogP contribution >= 0.6 is 0 Å². The zero-order chi connectivity index (χ0) is 31.1. The molecule has 0 bridgehead atoms. The summed E-state index contributed by atoms with van der Waals surface area (Å²) in [5.41, 5.74) is -1.56. The van der Waals surface area contributed by atoms with E-state index in [4.69, 9.17) is 23.7 Å². The number of ether oxygens (including phenoxy) is 5. The van der Waals surface area contributed by atoms with Gasteiger partial charge in [-0.1, -0.05) is 18.2 Å². The lowest BCUT2D eigenvalue weighted by Crippen LogP contribution is -2.49. The van der Waals surface area contributed by atoms with Crippen LogP contribution in [0.3, 0.4) is 0 Å². The van der Waals surface area contributed by atoms with Crippen molar-refractivity contribution in [3.05, 3.63) is 65.4 Å². The lowest BCUT2D eigenvalue weighted by Gasteiger charge is -2.39. The maximum Gasteiger partial charge on any atom is 0.339 e. The molecule has 0 saturated carbocycles. The van der Waals surface area contributed by atoms with E-state index in [1.54, 1.807) is 51.3 Å². The summed E-state index contributed by atoms with van der Waals surface area (Å²) in [6.45, 7) is 5.19. The Balaban J connectivity index is 1.32. The molecule has 2 N–H and O–H groups in total. The summed E-state index contributed by atoms with van der Waals surface area (Å²) < 4.78 is 29.0. The van der Waals surface area contributed by atoms with Crippen LogP contribution in [0.1, 0.15) is 69.4 Å². The number of fused-ring (bicyclic) bond motifs is 3. The van der Waals surface area contributed by atoms with Crippen LogP contribution in [0.25, 0.3) is 0 Å². The van der Waals surface area contributed by atoms with Gasteiger partial charge in [0.25, 0.3) is 0 Å². The average molecular weight is 608 g/mol. The minimum atomic E-state index is -2.19. The van der Waals surface area contributed by atoms with Crippen molar-refractivity contribution in [2.75, 3.05) is 27.0 Å². The summed E-state index contributed by atoms with van der Waals surface area (Å²) in [7, 11) is 1.56. The quantitative estimate of drug-likeness (QED) is 0.302. The minimum absolute atomic E-state index is 0.102. The van der Waals surface area contributed by atoms with Gasteiger partial charge in [0.1, 0.15) is 11.5 Å².